The van der Waals surface area contributed by atoms with E-state index >= 15 is 0 Å². The predicted molar refractivity (Wildman–Crippen MR) is 98.7 cm³/mol. The van der Waals surface area contributed by atoms with Crippen LogP contribution in [0.2, 0.25) is 0 Å². The predicted octanol–water partition coefficient (Wildman–Crippen LogP) is 3.72. The van der Waals surface area contributed by atoms with Gasteiger partial charge in [0.1, 0.15) is 5.75 Å². The Hall–Kier alpha value is -1.75. The van der Waals surface area contributed by atoms with Crippen molar-refractivity contribution in [3.05, 3.63) is 24.3 Å². The summed E-state index contributed by atoms with van der Waals surface area (Å²) in [6.07, 6.45) is 4.83. The highest BCUT2D eigenvalue weighted by Gasteiger charge is 2.15. The molecule has 1 unspecified atom stereocenters. The summed E-state index contributed by atoms with van der Waals surface area (Å²) in [5, 5.41) is 5.77. The first-order chi connectivity index (χ1) is 11.7. The highest BCUT2D eigenvalue weighted by Crippen LogP contribution is 2.17. The molecular formula is C19H31N3O2. The molecule has 2 amide bonds. The van der Waals surface area contributed by atoms with Crippen molar-refractivity contribution in [3.63, 3.8) is 0 Å². The van der Waals surface area contributed by atoms with Gasteiger partial charge in [-0.05, 0) is 63.7 Å². The number of rotatable bonds is 8. The number of nitrogens with one attached hydrogen (secondary N) is 2. The third-order valence-electron chi connectivity index (χ3n) is 4.33. The average Bonchev–Trinajstić information content (AvgIpc) is 2.55. The maximum absolute atomic E-state index is 11.9. The number of carbonyl (C=O) groups is 1. The molecule has 0 saturated carbocycles. The second-order valence-corrected chi connectivity index (χ2v) is 6.60. The number of unbranched alkanes of at least 4 members (excludes halogenated alkanes) is 1. The summed E-state index contributed by atoms with van der Waals surface area (Å²) in [5.74, 6) is 1.60. The number of urea groups is 1. The molecule has 1 aromatic rings. The largest absolute Gasteiger partial charge is 0.494 e. The standard InChI is InChI=1S/C19H31N3O2/c1-3-24-18-10-6-9-17(14-18)21-19(23)20-11-4-5-12-22-13-7-8-16(2)15-22/h6,9-10,14,16H,3-5,7-8,11-13,15H2,1-2H3,(H2,20,21,23). The number of anilines is 1. The van der Waals surface area contributed by atoms with E-state index in [9.17, 15) is 4.79 Å². The third kappa shape index (κ3) is 6.79. The smallest absolute Gasteiger partial charge is 0.319 e. The molecule has 2 N–H and O–H groups in total. The Kier molecular flexibility index (Phi) is 7.89. The molecular weight excluding hydrogens is 302 g/mol. The van der Waals surface area contributed by atoms with E-state index in [1.54, 1.807) is 0 Å². The number of amides is 2. The quantitative estimate of drug-likeness (QED) is 0.713. The zero-order chi connectivity index (χ0) is 17.2. The van der Waals surface area contributed by atoms with E-state index in [-0.39, 0.29) is 6.03 Å². The fourth-order valence-corrected chi connectivity index (χ4v) is 3.16. The Balaban J connectivity index is 1.58. The number of ether oxygens (including phenoxy) is 1. The van der Waals surface area contributed by atoms with Crippen molar-refractivity contribution in [1.82, 2.24) is 10.2 Å². The summed E-state index contributed by atoms with van der Waals surface area (Å²) in [7, 11) is 0. The molecule has 5 heteroatoms. The van der Waals surface area contributed by atoms with Crippen LogP contribution in [-0.4, -0.2) is 43.7 Å². The van der Waals surface area contributed by atoms with E-state index in [1.165, 1.54) is 25.9 Å². The fraction of sp³-hybridized carbons (Fsp3) is 0.632. The number of hydrogen-bond donors (Lipinski definition) is 2. The van der Waals surface area contributed by atoms with Crippen LogP contribution in [0.15, 0.2) is 24.3 Å². The van der Waals surface area contributed by atoms with E-state index in [0.29, 0.717) is 13.2 Å². The van der Waals surface area contributed by atoms with Crippen LogP contribution in [0.25, 0.3) is 0 Å². The SMILES string of the molecule is CCOc1cccc(NC(=O)NCCCCN2CCCC(C)C2)c1. The molecule has 1 saturated heterocycles. The van der Waals surface area contributed by atoms with Crippen LogP contribution in [0.3, 0.4) is 0 Å². The molecule has 0 radical (unpaired) electrons. The highest BCUT2D eigenvalue weighted by molar-refractivity contribution is 5.89. The second-order valence-electron chi connectivity index (χ2n) is 6.60. The van der Waals surface area contributed by atoms with Crippen LogP contribution in [0.5, 0.6) is 5.75 Å². The normalized spacial score (nSPS) is 18.2. The summed E-state index contributed by atoms with van der Waals surface area (Å²) in [5.41, 5.74) is 0.751. The Morgan fingerprint density at radius 3 is 3.04 bits per heavy atom. The zero-order valence-corrected chi connectivity index (χ0v) is 15.0. The molecule has 24 heavy (non-hydrogen) atoms. The van der Waals surface area contributed by atoms with Gasteiger partial charge in [0.15, 0.2) is 0 Å². The fourth-order valence-electron chi connectivity index (χ4n) is 3.16. The highest BCUT2D eigenvalue weighted by atomic mass is 16.5. The van der Waals surface area contributed by atoms with Crippen molar-refractivity contribution < 1.29 is 9.53 Å². The average molecular weight is 333 g/mol. The van der Waals surface area contributed by atoms with Crippen LogP contribution in [0.4, 0.5) is 10.5 Å². The van der Waals surface area contributed by atoms with Gasteiger partial charge < -0.3 is 20.3 Å². The molecule has 1 aliphatic rings. The lowest BCUT2D eigenvalue weighted by molar-refractivity contribution is 0.181. The van der Waals surface area contributed by atoms with E-state index in [1.807, 2.05) is 31.2 Å². The van der Waals surface area contributed by atoms with Gasteiger partial charge in [-0.15, -0.1) is 0 Å². The summed E-state index contributed by atoms with van der Waals surface area (Å²) < 4.78 is 5.43. The first kappa shape index (κ1) is 18.6. The minimum Gasteiger partial charge on any atom is -0.494 e. The lowest BCUT2D eigenvalue weighted by Crippen LogP contribution is -2.35. The van der Waals surface area contributed by atoms with E-state index in [4.69, 9.17) is 4.74 Å². The van der Waals surface area contributed by atoms with Gasteiger partial charge in [-0.25, -0.2) is 4.79 Å². The number of benzene rings is 1. The van der Waals surface area contributed by atoms with Crippen LogP contribution >= 0.6 is 0 Å². The van der Waals surface area contributed by atoms with Gasteiger partial charge in [0.05, 0.1) is 6.61 Å². The maximum Gasteiger partial charge on any atom is 0.319 e. The van der Waals surface area contributed by atoms with Gasteiger partial charge in [0.25, 0.3) is 0 Å². The third-order valence-corrected chi connectivity index (χ3v) is 4.33. The minimum absolute atomic E-state index is 0.157. The van der Waals surface area contributed by atoms with Gasteiger partial charge in [0.2, 0.25) is 0 Å². The summed E-state index contributed by atoms with van der Waals surface area (Å²) in [6, 6.07) is 7.30. The lowest BCUT2D eigenvalue weighted by Gasteiger charge is -2.30. The molecule has 0 spiro atoms. The van der Waals surface area contributed by atoms with Crippen molar-refractivity contribution in [2.75, 3.05) is 38.1 Å². The maximum atomic E-state index is 11.9. The summed E-state index contributed by atoms with van der Waals surface area (Å²) in [6.45, 7) is 9.20. The Labute approximate surface area is 145 Å². The molecule has 0 aliphatic carbocycles. The zero-order valence-electron chi connectivity index (χ0n) is 15.0. The van der Waals surface area contributed by atoms with Gasteiger partial charge in [-0.2, -0.15) is 0 Å². The van der Waals surface area contributed by atoms with Crippen molar-refractivity contribution >= 4 is 11.7 Å². The van der Waals surface area contributed by atoms with Crippen molar-refractivity contribution in [3.8, 4) is 5.75 Å². The van der Waals surface area contributed by atoms with Gasteiger partial charge in [-0.3, -0.25) is 0 Å². The molecule has 1 aromatic carbocycles. The first-order valence-electron chi connectivity index (χ1n) is 9.17. The molecule has 5 nitrogen and oxygen atoms in total. The Morgan fingerprint density at radius 1 is 1.38 bits per heavy atom. The summed E-state index contributed by atoms with van der Waals surface area (Å²) >= 11 is 0. The van der Waals surface area contributed by atoms with E-state index in [0.717, 1.165) is 36.7 Å². The number of nitrogens with zero attached hydrogens (tertiary/aromatic N) is 1. The van der Waals surface area contributed by atoms with E-state index < -0.39 is 0 Å². The minimum atomic E-state index is -0.157. The van der Waals surface area contributed by atoms with Gasteiger partial charge >= 0.3 is 6.03 Å². The number of carbonyl (C=O) groups excluding carboxylic acids is 1. The Morgan fingerprint density at radius 2 is 2.25 bits per heavy atom. The molecule has 0 bridgehead atoms. The molecule has 1 heterocycles. The second kappa shape index (κ2) is 10.2. The monoisotopic (exact) mass is 333 g/mol. The van der Waals surface area contributed by atoms with Crippen LogP contribution in [-0.2, 0) is 0 Å². The van der Waals surface area contributed by atoms with Crippen LogP contribution in [0.1, 0.15) is 39.5 Å². The number of likely N-dealkylation sites (tertiary alicyclic amines) is 1. The number of piperidine rings is 1. The molecule has 0 aromatic heterocycles. The van der Waals surface area contributed by atoms with E-state index in [2.05, 4.69) is 22.5 Å². The molecule has 2 rings (SSSR count). The summed E-state index contributed by atoms with van der Waals surface area (Å²) in [4.78, 5) is 14.5. The molecule has 134 valence electrons. The molecule has 1 atom stereocenters. The van der Waals surface area contributed by atoms with Crippen molar-refractivity contribution in [1.29, 1.82) is 0 Å². The number of hydrogen-bond acceptors (Lipinski definition) is 3. The van der Waals surface area contributed by atoms with Crippen LogP contribution in [0, 0.1) is 5.92 Å². The van der Waals surface area contributed by atoms with Crippen molar-refractivity contribution in [2.45, 2.75) is 39.5 Å². The van der Waals surface area contributed by atoms with Gasteiger partial charge in [-0.1, -0.05) is 13.0 Å². The Bertz CT molecular complexity index is 507. The lowest BCUT2D eigenvalue weighted by atomic mass is 10.0. The van der Waals surface area contributed by atoms with Crippen molar-refractivity contribution in [2.24, 2.45) is 5.92 Å². The first-order valence-corrected chi connectivity index (χ1v) is 9.17. The van der Waals surface area contributed by atoms with Gasteiger partial charge in [0, 0.05) is 24.8 Å². The molecule has 1 aliphatic heterocycles. The molecule has 1 fully saturated rings. The van der Waals surface area contributed by atoms with Crippen LogP contribution < -0.4 is 15.4 Å². The topological polar surface area (TPSA) is 53.6 Å².